The van der Waals surface area contributed by atoms with Crippen LogP contribution in [0.25, 0.3) is 5.76 Å². The summed E-state index contributed by atoms with van der Waals surface area (Å²) in [7, 11) is 0. The van der Waals surface area contributed by atoms with Gasteiger partial charge in [-0.15, -0.1) is 11.3 Å². The average molecular weight is 925 g/mol. The van der Waals surface area contributed by atoms with Crippen LogP contribution >= 0.6 is 22.9 Å². The summed E-state index contributed by atoms with van der Waals surface area (Å²) < 4.78 is 24.5. The van der Waals surface area contributed by atoms with Crippen molar-refractivity contribution in [1.82, 2.24) is 25.4 Å². The van der Waals surface area contributed by atoms with Crippen LogP contribution in [0, 0.1) is 17.8 Å². The molecule has 0 radical (unpaired) electrons. The number of hydrogen-bond acceptors (Lipinski definition) is 13. The number of aromatic nitrogens is 1. The van der Waals surface area contributed by atoms with E-state index in [1.165, 1.54) is 22.7 Å². The van der Waals surface area contributed by atoms with Crippen molar-refractivity contribution in [1.29, 1.82) is 0 Å². The summed E-state index contributed by atoms with van der Waals surface area (Å²) in [5.74, 6) is 0.0314. The van der Waals surface area contributed by atoms with Crippen LogP contribution in [-0.4, -0.2) is 126 Å². The van der Waals surface area contributed by atoms with E-state index < -0.39 is 53.6 Å². The van der Waals surface area contributed by atoms with Gasteiger partial charge in [0.05, 0.1) is 37.2 Å². The monoisotopic (exact) mass is 923 g/mol. The SMILES string of the molecule is CC(C)Nc1nc(C2C=C(O[C@@H]3C[C@H]4C(=O)N[C@]5(C(=O)O)C[C@H]5CCCCCCC[C@H](NC(=O)O[C@@H]5C[C@@H]6C[C@@H]6C5)C(=O)N4C3)c3ccc(OCCN4CCOCC4)c(Cl)c3N2)cs1. The van der Waals surface area contributed by atoms with E-state index in [-0.39, 0.29) is 31.0 Å². The molecule has 6 fully saturated rings. The maximum Gasteiger partial charge on any atom is 0.408 e. The highest BCUT2D eigenvalue weighted by molar-refractivity contribution is 7.13. The summed E-state index contributed by atoms with van der Waals surface area (Å²) in [6.45, 7) is 8.37. The first-order chi connectivity index (χ1) is 30.9. The summed E-state index contributed by atoms with van der Waals surface area (Å²) in [5, 5.41) is 26.3. The number of benzene rings is 1. The number of morpholine rings is 1. The smallest absolute Gasteiger partial charge is 0.408 e. The number of carbonyl (C=O) groups is 4. The minimum atomic E-state index is -1.38. The Hall–Kier alpha value is -4.32. The fraction of sp³-hybridized carbons (Fsp3) is 0.674. The molecule has 0 spiro atoms. The Bertz CT molecular complexity index is 2090. The number of carboxylic acids is 1. The van der Waals surface area contributed by atoms with Crippen molar-refractivity contribution in [2.75, 3.05) is 56.6 Å². The summed E-state index contributed by atoms with van der Waals surface area (Å²) in [4.78, 5) is 64.0. The summed E-state index contributed by atoms with van der Waals surface area (Å²) in [5.41, 5.74) is 0.645. The fourth-order valence-corrected chi connectivity index (χ4v) is 11.5. The summed E-state index contributed by atoms with van der Waals surface area (Å²) >= 11 is 8.66. The van der Waals surface area contributed by atoms with Crippen molar-refractivity contribution < 1.29 is 43.2 Å². The predicted molar refractivity (Wildman–Crippen MR) is 241 cm³/mol. The van der Waals surface area contributed by atoms with E-state index >= 15 is 0 Å². The van der Waals surface area contributed by atoms with E-state index in [9.17, 15) is 24.3 Å². The lowest BCUT2D eigenvalue weighted by Crippen LogP contribution is -2.56. The molecule has 7 aliphatic rings. The van der Waals surface area contributed by atoms with Gasteiger partial charge in [-0.05, 0) is 88.3 Å². The first-order valence-corrected chi connectivity index (χ1v) is 24.7. The minimum Gasteiger partial charge on any atom is -0.491 e. The molecule has 3 saturated heterocycles. The molecule has 4 aliphatic heterocycles. The molecule has 16 nitrogen and oxygen atoms in total. The molecule has 5 N–H and O–H groups in total. The number of aliphatic carboxylic acids is 1. The molecule has 3 amide bonds. The van der Waals surface area contributed by atoms with Gasteiger partial charge in [0.1, 0.15) is 53.0 Å². The Morgan fingerprint density at radius 2 is 1.81 bits per heavy atom. The van der Waals surface area contributed by atoms with E-state index in [4.69, 9.17) is 35.5 Å². The molecule has 2 aromatic rings. The van der Waals surface area contributed by atoms with E-state index in [0.29, 0.717) is 85.1 Å². The molecule has 0 bridgehead atoms. The number of alkyl carbamates (subject to hydrolysis) is 1. The first kappa shape index (κ1) is 44.9. The fourth-order valence-electron chi connectivity index (χ4n) is 10.4. The minimum absolute atomic E-state index is 0.0278. The molecule has 348 valence electrons. The van der Waals surface area contributed by atoms with Crippen molar-refractivity contribution in [2.45, 2.75) is 133 Å². The molecule has 5 heterocycles. The van der Waals surface area contributed by atoms with Gasteiger partial charge in [0.2, 0.25) is 11.8 Å². The van der Waals surface area contributed by atoms with Crippen LogP contribution in [0.2, 0.25) is 5.02 Å². The van der Waals surface area contributed by atoms with Gasteiger partial charge in [-0.25, -0.2) is 14.6 Å². The number of nitrogens with one attached hydrogen (secondary N) is 4. The predicted octanol–water partition coefficient (Wildman–Crippen LogP) is 6.42. The highest BCUT2D eigenvalue weighted by atomic mass is 35.5. The van der Waals surface area contributed by atoms with Gasteiger partial charge in [0.25, 0.3) is 0 Å². The van der Waals surface area contributed by atoms with E-state index in [1.54, 1.807) is 0 Å². The topological polar surface area (TPSA) is 193 Å². The van der Waals surface area contributed by atoms with Crippen molar-refractivity contribution >= 4 is 63.4 Å². The van der Waals surface area contributed by atoms with Crippen molar-refractivity contribution in [3.05, 3.63) is 39.9 Å². The molecule has 1 aromatic carbocycles. The number of thiazole rings is 1. The summed E-state index contributed by atoms with van der Waals surface area (Å²) in [6.07, 6.45) is 9.12. The second kappa shape index (κ2) is 19.3. The first-order valence-electron chi connectivity index (χ1n) is 23.4. The number of nitrogens with zero attached hydrogens (tertiary/aromatic N) is 3. The number of anilines is 2. The zero-order valence-electron chi connectivity index (χ0n) is 36.8. The molecular formula is C46H62ClN7O9S. The van der Waals surface area contributed by atoms with Gasteiger partial charge in [-0.2, -0.15) is 0 Å². The van der Waals surface area contributed by atoms with Gasteiger partial charge < -0.3 is 50.2 Å². The maximum atomic E-state index is 14.8. The lowest BCUT2D eigenvalue weighted by Gasteiger charge is -2.30. The van der Waals surface area contributed by atoms with Crippen LogP contribution in [0.15, 0.2) is 23.6 Å². The normalized spacial score (nSPS) is 31.7. The highest BCUT2D eigenvalue weighted by Crippen LogP contribution is 2.53. The molecule has 18 heteroatoms. The molecule has 9 atom stereocenters. The number of hydrogen-bond donors (Lipinski definition) is 5. The second-order valence-electron chi connectivity index (χ2n) is 19.1. The molecule has 1 unspecified atom stereocenters. The van der Waals surface area contributed by atoms with E-state index in [2.05, 4.69) is 40.0 Å². The zero-order valence-corrected chi connectivity index (χ0v) is 38.4. The van der Waals surface area contributed by atoms with Crippen LogP contribution < -0.4 is 26.0 Å². The Balaban J connectivity index is 0.985. The molecule has 64 heavy (non-hydrogen) atoms. The molecule has 1 aromatic heterocycles. The van der Waals surface area contributed by atoms with Crippen LogP contribution in [0.3, 0.4) is 0 Å². The quantitative estimate of drug-likeness (QED) is 0.157. The number of rotatable bonds is 12. The van der Waals surface area contributed by atoms with Gasteiger partial charge >= 0.3 is 12.1 Å². The molecule has 3 aliphatic carbocycles. The molecular weight excluding hydrogens is 862 g/mol. The Labute approximate surface area is 383 Å². The third-order valence-corrected chi connectivity index (χ3v) is 15.3. The zero-order chi connectivity index (χ0) is 44.5. The standard InChI is InChI=1S/C46H62ClN7O9S/c1-26(2)48-44-50-35(25-64-44)34-22-38(32-10-11-37(39(47)40(32)49-34)61-17-14-53-12-15-60-16-13-53)62-31-21-36-41(55)52-46(43(57)58)23-29(46)8-6-4-3-5-7-9-33(42(56)54(36)24-31)51-45(59)63-30-19-27-18-28(27)20-30/h10-11,22,25-31,33-34,36,49H,3-9,12-21,23-24H2,1-2H3,(H,48,50)(H,51,59)(H,52,55)(H,57,58)/t27-,28+,29-,30+,31-,33+,34?,36+,46-/m1/s1. The van der Waals surface area contributed by atoms with E-state index in [1.807, 2.05) is 23.6 Å². The van der Waals surface area contributed by atoms with Crippen LogP contribution in [0.1, 0.15) is 108 Å². The number of halogens is 1. The lowest BCUT2D eigenvalue weighted by molar-refractivity contribution is -0.146. The van der Waals surface area contributed by atoms with Crippen LogP contribution in [0.4, 0.5) is 15.6 Å². The largest absolute Gasteiger partial charge is 0.491 e. The van der Waals surface area contributed by atoms with Crippen molar-refractivity contribution in [3.8, 4) is 5.75 Å². The maximum absolute atomic E-state index is 14.8. The Morgan fingerprint density at radius 1 is 1.05 bits per heavy atom. The van der Waals surface area contributed by atoms with Crippen molar-refractivity contribution in [3.63, 3.8) is 0 Å². The summed E-state index contributed by atoms with van der Waals surface area (Å²) in [6, 6.07) is 1.46. The number of ether oxygens (including phenoxy) is 4. The lowest BCUT2D eigenvalue weighted by atomic mass is 10.0. The van der Waals surface area contributed by atoms with Crippen molar-refractivity contribution in [2.24, 2.45) is 17.8 Å². The number of fused-ring (bicyclic) bond motifs is 4. The highest BCUT2D eigenvalue weighted by Gasteiger charge is 2.62. The third kappa shape index (κ3) is 10.1. The molecule has 9 rings (SSSR count). The van der Waals surface area contributed by atoms with Crippen LogP contribution in [-0.2, 0) is 28.6 Å². The number of carboxylic acid groups (broad SMARTS) is 1. The third-order valence-electron chi connectivity index (χ3n) is 14.1. The van der Waals surface area contributed by atoms with Crippen LogP contribution in [0.5, 0.6) is 5.75 Å². The Kier molecular flexibility index (Phi) is 13.5. The number of carbonyl (C=O) groups excluding carboxylic acids is 3. The molecule has 3 saturated carbocycles. The average Bonchev–Trinajstić information content (AvgIpc) is 3.92. The second-order valence-corrected chi connectivity index (χ2v) is 20.3. The number of amides is 3. The van der Waals surface area contributed by atoms with Gasteiger partial charge in [0, 0.05) is 43.0 Å². The van der Waals surface area contributed by atoms with Gasteiger partial charge in [0.15, 0.2) is 5.13 Å². The van der Waals surface area contributed by atoms with Gasteiger partial charge in [-0.3, -0.25) is 14.5 Å². The van der Waals surface area contributed by atoms with E-state index in [0.717, 1.165) is 69.0 Å². The Morgan fingerprint density at radius 3 is 2.58 bits per heavy atom. The van der Waals surface area contributed by atoms with Gasteiger partial charge in [-0.1, -0.05) is 43.7 Å².